The molecule has 0 unspecified atom stereocenters. The van der Waals surface area contributed by atoms with Crippen molar-refractivity contribution in [1.29, 1.82) is 0 Å². The van der Waals surface area contributed by atoms with Gasteiger partial charge in [0.05, 0.1) is 5.69 Å². The molecule has 0 radical (unpaired) electrons. The van der Waals surface area contributed by atoms with Crippen molar-refractivity contribution in [2.24, 2.45) is 0 Å². The lowest BCUT2D eigenvalue weighted by Gasteiger charge is -2.25. The molecule has 1 aromatic heterocycles. The highest BCUT2D eigenvalue weighted by molar-refractivity contribution is 5.85. The average Bonchev–Trinajstić information content (AvgIpc) is 2.30. The fraction of sp³-hybridized carbons (Fsp3) is 0.538. The molecule has 17 heavy (non-hydrogen) atoms. The van der Waals surface area contributed by atoms with Crippen molar-refractivity contribution in [3.05, 3.63) is 29.6 Å². The minimum Gasteiger partial charge on any atom is -0.477 e. The van der Waals surface area contributed by atoms with E-state index >= 15 is 0 Å². The van der Waals surface area contributed by atoms with Crippen molar-refractivity contribution < 1.29 is 9.90 Å². The highest BCUT2D eigenvalue weighted by atomic mass is 16.4. The lowest BCUT2D eigenvalue weighted by molar-refractivity contribution is 0.0690. The maximum absolute atomic E-state index is 10.8. The van der Waals surface area contributed by atoms with Gasteiger partial charge in [-0.15, -0.1) is 0 Å². The van der Waals surface area contributed by atoms with Crippen LogP contribution in [0.15, 0.2) is 18.2 Å². The van der Waals surface area contributed by atoms with Crippen molar-refractivity contribution in [3.63, 3.8) is 0 Å². The Morgan fingerprint density at radius 3 is 2.59 bits per heavy atom. The smallest absolute Gasteiger partial charge is 0.354 e. The molecule has 0 atom stereocenters. The van der Waals surface area contributed by atoms with Gasteiger partial charge < -0.3 is 5.11 Å². The highest BCUT2D eigenvalue weighted by Gasteiger charge is 2.12. The molecule has 4 heteroatoms. The number of carbonyl (C=O) groups is 1. The van der Waals surface area contributed by atoms with Crippen LogP contribution >= 0.6 is 0 Å². The topological polar surface area (TPSA) is 53.4 Å². The van der Waals surface area contributed by atoms with Crippen LogP contribution in [0.4, 0.5) is 0 Å². The van der Waals surface area contributed by atoms with E-state index in [2.05, 4.69) is 23.7 Å². The van der Waals surface area contributed by atoms with Gasteiger partial charge in [-0.1, -0.05) is 19.9 Å². The van der Waals surface area contributed by atoms with Crippen molar-refractivity contribution in [2.45, 2.75) is 39.3 Å². The van der Waals surface area contributed by atoms with Crippen LogP contribution in [-0.4, -0.2) is 34.0 Å². The van der Waals surface area contributed by atoms with Gasteiger partial charge in [-0.05, 0) is 32.0 Å². The Bertz CT molecular complexity index is 375. The molecular weight excluding hydrogens is 216 g/mol. The number of carboxylic acids is 1. The fourth-order valence-corrected chi connectivity index (χ4v) is 1.98. The van der Waals surface area contributed by atoms with Crippen LogP contribution in [0.1, 0.15) is 42.9 Å². The number of pyridine rings is 1. The molecule has 0 aliphatic heterocycles. The molecule has 0 aliphatic carbocycles. The molecule has 0 amide bonds. The first-order valence-corrected chi connectivity index (χ1v) is 5.97. The van der Waals surface area contributed by atoms with E-state index in [1.807, 2.05) is 13.1 Å². The molecule has 1 aromatic rings. The molecule has 94 valence electrons. The molecule has 0 bridgehead atoms. The third-order valence-corrected chi connectivity index (χ3v) is 3.00. The summed E-state index contributed by atoms with van der Waals surface area (Å²) in [5.41, 5.74) is 0.916. The van der Waals surface area contributed by atoms with E-state index < -0.39 is 5.97 Å². The van der Waals surface area contributed by atoms with Gasteiger partial charge in [-0.25, -0.2) is 9.78 Å². The Balaban J connectivity index is 2.74. The lowest BCUT2D eigenvalue weighted by atomic mass is 10.1. The zero-order valence-corrected chi connectivity index (χ0v) is 10.7. The largest absolute Gasteiger partial charge is 0.477 e. The van der Waals surface area contributed by atoms with Crippen LogP contribution in [0, 0.1) is 0 Å². The molecule has 0 aromatic carbocycles. The van der Waals surface area contributed by atoms with Gasteiger partial charge in [0.2, 0.25) is 0 Å². The van der Waals surface area contributed by atoms with E-state index in [4.69, 9.17) is 5.11 Å². The Morgan fingerprint density at radius 1 is 1.41 bits per heavy atom. The summed E-state index contributed by atoms with van der Waals surface area (Å²) >= 11 is 0. The first-order chi connectivity index (χ1) is 8.08. The summed E-state index contributed by atoms with van der Waals surface area (Å²) in [5.74, 6) is -0.975. The van der Waals surface area contributed by atoms with Gasteiger partial charge in [0.15, 0.2) is 0 Å². The Hall–Kier alpha value is -1.42. The summed E-state index contributed by atoms with van der Waals surface area (Å²) in [7, 11) is 2.05. The van der Waals surface area contributed by atoms with Crippen molar-refractivity contribution in [1.82, 2.24) is 9.88 Å². The van der Waals surface area contributed by atoms with Gasteiger partial charge in [0, 0.05) is 12.6 Å². The summed E-state index contributed by atoms with van der Waals surface area (Å²) in [6.45, 7) is 5.00. The second kappa shape index (κ2) is 6.35. The molecular formula is C13H20N2O2. The number of nitrogens with zero attached hydrogens (tertiary/aromatic N) is 2. The average molecular weight is 236 g/mol. The minimum absolute atomic E-state index is 0.112. The summed E-state index contributed by atoms with van der Waals surface area (Å²) in [6.07, 6.45) is 2.18. The zero-order valence-electron chi connectivity index (χ0n) is 10.7. The monoisotopic (exact) mass is 236 g/mol. The Labute approximate surface area is 102 Å². The summed E-state index contributed by atoms with van der Waals surface area (Å²) in [4.78, 5) is 17.1. The molecule has 0 saturated heterocycles. The molecule has 4 nitrogen and oxygen atoms in total. The third-order valence-electron chi connectivity index (χ3n) is 3.00. The van der Waals surface area contributed by atoms with E-state index in [9.17, 15) is 4.79 Å². The summed E-state index contributed by atoms with van der Waals surface area (Å²) < 4.78 is 0. The number of aromatic carboxylic acids is 1. The van der Waals surface area contributed by atoms with Gasteiger partial charge in [0.25, 0.3) is 0 Å². The van der Waals surface area contributed by atoms with E-state index in [1.165, 1.54) is 6.07 Å². The summed E-state index contributed by atoms with van der Waals surface area (Å²) in [6, 6.07) is 5.64. The van der Waals surface area contributed by atoms with Gasteiger partial charge in [0.1, 0.15) is 5.69 Å². The van der Waals surface area contributed by atoms with E-state index in [0.717, 1.165) is 18.5 Å². The molecule has 1 rings (SSSR count). The first-order valence-electron chi connectivity index (χ1n) is 5.97. The second-order valence-electron chi connectivity index (χ2n) is 4.20. The highest BCUT2D eigenvalue weighted by Crippen LogP contribution is 2.10. The predicted molar refractivity (Wildman–Crippen MR) is 67.0 cm³/mol. The molecule has 0 saturated carbocycles. The van der Waals surface area contributed by atoms with Crippen molar-refractivity contribution in [2.75, 3.05) is 7.05 Å². The maximum atomic E-state index is 10.8. The summed E-state index contributed by atoms with van der Waals surface area (Å²) in [5, 5.41) is 8.87. The number of carboxylic acid groups (broad SMARTS) is 1. The van der Waals surface area contributed by atoms with Gasteiger partial charge in [-0.2, -0.15) is 0 Å². The number of rotatable bonds is 6. The molecule has 0 spiro atoms. The SMILES string of the molecule is CCC(CC)N(C)Cc1cccc(C(=O)O)n1. The predicted octanol–water partition coefficient (Wildman–Crippen LogP) is 2.40. The van der Waals surface area contributed by atoms with Crippen LogP contribution in [0.3, 0.4) is 0 Å². The third kappa shape index (κ3) is 3.82. The van der Waals surface area contributed by atoms with E-state index in [0.29, 0.717) is 12.6 Å². The van der Waals surface area contributed by atoms with Crippen LogP contribution in [0.25, 0.3) is 0 Å². The van der Waals surface area contributed by atoms with Gasteiger partial charge >= 0.3 is 5.97 Å². The van der Waals surface area contributed by atoms with Crippen molar-refractivity contribution >= 4 is 5.97 Å². The molecule has 1 heterocycles. The van der Waals surface area contributed by atoms with Crippen LogP contribution in [0.2, 0.25) is 0 Å². The van der Waals surface area contributed by atoms with Crippen molar-refractivity contribution in [3.8, 4) is 0 Å². The first kappa shape index (κ1) is 13.6. The molecule has 0 fully saturated rings. The number of hydrogen-bond acceptors (Lipinski definition) is 3. The quantitative estimate of drug-likeness (QED) is 0.824. The standard InChI is InChI=1S/C13H20N2O2/c1-4-11(5-2)15(3)9-10-7-6-8-12(14-10)13(16)17/h6-8,11H,4-5,9H2,1-3H3,(H,16,17). The molecule has 1 N–H and O–H groups in total. The van der Waals surface area contributed by atoms with Crippen LogP contribution in [0.5, 0.6) is 0 Å². The van der Waals surface area contributed by atoms with Gasteiger partial charge in [-0.3, -0.25) is 4.90 Å². The Kier molecular flexibility index (Phi) is 5.10. The normalized spacial score (nSPS) is 11.1. The van der Waals surface area contributed by atoms with Crippen LogP contribution < -0.4 is 0 Å². The Morgan fingerprint density at radius 2 is 2.06 bits per heavy atom. The number of aromatic nitrogens is 1. The maximum Gasteiger partial charge on any atom is 0.354 e. The van der Waals surface area contributed by atoms with Crippen LogP contribution in [-0.2, 0) is 6.54 Å². The minimum atomic E-state index is -0.975. The number of hydrogen-bond donors (Lipinski definition) is 1. The fourth-order valence-electron chi connectivity index (χ4n) is 1.98. The van der Waals surface area contributed by atoms with E-state index in [-0.39, 0.29) is 5.69 Å². The lowest BCUT2D eigenvalue weighted by Crippen LogP contribution is -2.30. The molecule has 0 aliphatic rings. The van der Waals surface area contributed by atoms with E-state index in [1.54, 1.807) is 6.07 Å². The second-order valence-corrected chi connectivity index (χ2v) is 4.20. The zero-order chi connectivity index (χ0) is 12.8.